The zero-order valence-corrected chi connectivity index (χ0v) is 17.0. The number of carboxylic acid groups (broad SMARTS) is 1. The van der Waals surface area contributed by atoms with Gasteiger partial charge >= 0.3 is 5.97 Å². The van der Waals surface area contributed by atoms with Crippen LogP contribution in [-0.4, -0.2) is 32.2 Å². The molecule has 1 atom stereocenters. The molecule has 142 valence electrons. The molecule has 28 heavy (non-hydrogen) atoms. The summed E-state index contributed by atoms with van der Waals surface area (Å²) < 4.78 is 0.212. The van der Waals surface area contributed by atoms with E-state index in [4.69, 9.17) is 23.8 Å². The fraction of sp³-hybridized carbons (Fsp3) is 0.0952. The second-order valence-corrected chi connectivity index (χ2v) is 8.15. The van der Waals surface area contributed by atoms with Crippen LogP contribution in [-0.2, 0) is 16.0 Å². The molecule has 1 N–H and O–H groups in total. The van der Waals surface area contributed by atoms with Crippen LogP contribution in [0.2, 0.25) is 0 Å². The van der Waals surface area contributed by atoms with Gasteiger partial charge in [-0.2, -0.15) is 0 Å². The van der Waals surface area contributed by atoms with Crippen LogP contribution >= 0.6 is 35.6 Å². The highest BCUT2D eigenvalue weighted by Crippen LogP contribution is 2.34. The van der Waals surface area contributed by atoms with E-state index in [0.717, 1.165) is 27.8 Å². The fourth-order valence-corrected chi connectivity index (χ4v) is 4.40. The highest BCUT2D eigenvalue weighted by Gasteiger charge is 2.40. The van der Waals surface area contributed by atoms with Gasteiger partial charge in [0.25, 0.3) is 5.91 Å². The Morgan fingerprint density at radius 3 is 2.36 bits per heavy atom. The molecule has 0 spiro atoms. The number of carbonyl (C=O) groups excluding carboxylic acids is 1. The van der Waals surface area contributed by atoms with Gasteiger partial charge in [0.2, 0.25) is 0 Å². The summed E-state index contributed by atoms with van der Waals surface area (Å²) in [4.78, 5) is 26.1. The number of carboxylic acids is 1. The van der Waals surface area contributed by atoms with Crippen LogP contribution in [0, 0.1) is 0 Å². The Morgan fingerprint density at radius 2 is 1.75 bits per heavy atom. The van der Waals surface area contributed by atoms with Crippen LogP contribution in [0.1, 0.15) is 11.1 Å². The van der Waals surface area contributed by atoms with E-state index >= 15 is 0 Å². The van der Waals surface area contributed by atoms with Gasteiger partial charge in [-0.15, -0.1) is 0 Å². The van der Waals surface area contributed by atoms with Crippen LogP contribution in [0.5, 0.6) is 0 Å². The molecular formula is C21H16ClNO3S2. The Balaban J connectivity index is 1.83. The Morgan fingerprint density at radius 1 is 1.14 bits per heavy atom. The molecule has 0 saturated carbocycles. The minimum Gasteiger partial charge on any atom is -0.480 e. The molecule has 3 rings (SSSR count). The van der Waals surface area contributed by atoms with Gasteiger partial charge in [0.1, 0.15) is 10.4 Å². The smallest absolute Gasteiger partial charge is 0.327 e. The van der Waals surface area contributed by atoms with Crippen LogP contribution in [0.3, 0.4) is 0 Å². The standard InChI is InChI=1S/C21H16ClNO3S2/c22-16(11-14-7-3-1-4-8-14)13-18-19(24)23(21(27)28-18)17(20(25)26)12-15-9-5-2-6-10-15/h1-11,13,17H,12H2,(H,25,26). The van der Waals surface area contributed by atoms with Gasteiger partial charge in [0.15, 0.2) is 0 Å². The van der Waals surface area contributed by atoms with Crippen molar-refractivity contribution in [2.45, 2.75) is 12.5 Å². The Bertz CT molecular complexity index is 958. The van der Waals surface area contributed by atoms with Crippen molar-refractivity contribution in [2.75, 3.05) is 0 Å². The number of rotatable bonds is 6. The van der Waals surface area contributed by atoms with Gasteiger partial charge in [-0.05, 0) is 23.3 Å². The number of amides is 1. The quantitative estimate of drug-likeness (QED) is 0.532. The van der Waals surface area contributed by atoms with Crippen molar-refractivity contribution in [2.24, 2.45) is 0 Å². The molecule has 2 aromatic carbocycles. The predicted octanol–water partition coefficient (Wildman–Crippen LogP) is 4.71. The van der Waals surface area contributed by atoms with Gasteiger partial charge < -0.3 is 5.11 Å². The van der Waals surface area contributed by atoms with Gasteiger partial charge in [0, 0.05) is 11.5 Å². The number of halogens is 1. The topological polar surface area (TPSA) is 57.6 Å². The summed E-state index contributed by atoms with van der Waals surface area (Å²) in [6.07, 6.45) is 3.42. The van der Waals surface area contributed by atoms with E-state index in [1.54, 1.807) is 6.08 Å². The first kappa shape index (κ1) is 20.3. The molecule has 0 bridgehead atoms. The Kier molecular flexibility index (Phi) is 6.67. The van der Waals surface area contributed by atoms with E-state index in [9.17, 15) is 14.7 Å². The van der Waals surface area contributed by atoms with Crippen LogP contribution in [0.4, 0.5) is 0 Å². The van der Waals surface area contributed by atoms with E-state index < -0.39 is 17.9 Å². The zero-order valence-electron chi connectivity index (χ0n) is 14.6. The third-order valence-electron chi connectivity index (χ3n) is 4.07. The molecule has 1 saturated heterocycles. The summed E-state index contributed by atoms with van der Waals surface area (Å²) in [7, 11) is 0. The lowest BCUT2D eigenvalue weighted by Gasteiger charge is -2.23. The van der Waals surface area contributed by atoms with Crippen molar-refractivity contribution >= 4 is 57.9 Å². The summed E-state index contributed by atoms with van der Waals surface area (Å²) in [5.74, 6) is -1.55. The highest BCUT2D eigenvalue weighted by atomic mass is 35.5. The number of hydrogen-bond acceptors (Lipinski definition) is 4. The average molecular weight is 430 g/mol. The van der Waals surface area contributed by atoms with Crippen molar-refractivity contribution in [3.63, 3.8) is 0 Å². The average Bonchev–Trinajstić information content (AvgIpc) is 2.94. The molecule has 4 nitrogen and oxygen atoms in total. The maximum absolute atomic E-state index is 12.8. The van der Waals surface area contributed by atoms with Crippen molar-refractivity contribution in [1.29, 1.82) is 0 Å². The van der Waals surface area contributed by atoms with E-state index in [2.05, 4.69) is 0 Å². The van der Waals surface area contributed by atoms with E-state index in [1.807, 2.05) is 60.7 Å². The molecule has 1 heterocycles. The van der Waals surface area contributed by atoms with E-state index in [-0.39, 0.29) is 10.7 Å². The van der Waals surface area contributed by atoms with Crippen LogP contribution < -0.4 is 0 Å². The third kappa shape index (κ3) is 4.90. The van der Waals surface area contributed by atoms with Crippen molar-refractivity contribution < 1.29 is 14.7 Å². The number of aliphatic carboxylic acids is 1. The first-order valence-electron chi connectivity index (χ1n) is 8.42. The summed E-state index contributed by atoms with van der Waals surface area (Å²) in [5, 5.41) is 10.0. The first-order valence-corrected chi connectivity index (χ1v) is 10.0. The summed E-state index contributed by atoms with van der Waals surface area (Å²) in [6.45, 7) is 0. The summed E-state index contributed by atoms with van der Waals surface area (Å²) in [6, 6.07) is 17.5. The maximum Gasteiger partial charge on any atom is 0.327 e. The molecular weight excluding hydrogens is 414 g/mol. The monoisotopic (exact) mass is 429 g/mol. The number of thiocarbonyl (C=S) groups is 1. The Labute approximate surface area is 177 Å². The van der Waals surface area contributed by atoms with Crippen molar-refractivity contribution in [3.8, 4) is 0 Å². The molecule has 0 radical (unpaired) electrons. The van der Waals surface area contributed by atoms with E-state index in [1.165, 1.54) is 6.08 Å². The number of nitrogens with zero attached hydrogens (tertiary/aromatic N) is 1. The fourth-order valence-electron chi connectivity index (χ4n) is 2.75. The number of carbonyl (C=O) groups is 2. The lowest BCUT2D eigenvalue weighted by atomic mass is 10.0. The first-order chi connectivity index (χ1) is 13.5. The molecule has 1 amide bonds. The predicted molar refractivity (Wildman–Crippen MR) is 117 cm³/mol. The minimum atomic E-state index is -1.10. The number of benzene rings is 2. The molecule has 1 fully saturated rings. The lowest BCUT2D eigenvalue weighted by Crippen LogP contribution is -2.45. The molecule has 0 aliphatic carbocycles. The van der Waals surface area contributed by atoms with Gasteiger partial charge in [-0.3, -0.25) is 9.69 Å². The maximum atomic E-state index is 12.8. The molecule has 7 heteroatoms. The molecule has 1 aliphatic heterocycles. The molecule has 2 aromatic rings. The third-order valence-corrected chi connectivity index (χ3v) is 5.61. The normalized spacial score (nSPS) is 17.2. The zero-order chi connectivity index (χ0) is 20.1. The van der Waals surface area contributed by atoms with E-state index in [0.29, 0.717) is 9.94 Å². The Hall–Kier alpha value is -2.41. The second kappa shape index (κ2) is 9.19. The van der Waals surface area contributed by atoms with Crippen LogP contribution in [0.15, 0.2) is 76.7 Å². The van der Waals surface area contributed by atoms with Crippen LogP contribution in [0.25, 0.3) is 6.08 Å². The summed E-state index contributed by atoms with van der Waals surface area (Å²) >= 11 is 12.6. The number of hydrogen-bond donors (Lipinski definition) is 1. The number of thioether (sulfide) groups is 1. The van der Waals surface area contributed by atoms with Gasteiger partial charge in [0.05, 0.1) is 4.91 Å². The second-order valence-electron chi connectivity index (χ2n) is 6.04. The summed E-state index contributed by atoms with van der Waals surface area (Å²) in [5.41, 5.74) is 1.71. The van der Waals surface area contributed by atoms with Gasteiger partial charge in [-0.1, -0.05) is 96.2 Å². The SMILES string of the molecule is O=C(O)C(Cc1ccccc1)N1C(=O)C(=CC(Cl)=Cc2ccccc2)SC1=S. The molecule has 0 aromatic heterocycles. The molecule has 1 unspecified atom stereocenters. The minimum absolute atomic E-state index is 0.170. The largest absolute Gasteiger partial charge is 0.480 e. The van der Waals surface area contributed by atoms with Gasteiger partial charge in [-0.25, -0.2) is 4.79 Å². The van der Waals surface area contributed by atoms with Crippen molar-refractivity contribution in [3.05, 3.63) is 87.8 Å². The highest BCUT2D eigenvalue weighted by molar-refractivity contribution is 8.26. The lowest BCUT2D eigenvalue weighted by molar-refractivity contribution is -0.145. The number of allylic oxidation sites excluding steroid dienone is 2. The molecule has 1 aliphatic rings. The van der Waals surface area contributed by atoms with Crippen molar-refractivity contribution in [1.82, 2.24) is 4.90 Å².